The highest BCUT2D eigenvalue weighted by atomic mass is 127. The van der Waals surface area contributed by atoms with E-state index in [1.54, 1.807) is 0 Å². The largest absolute Gasteiger partial charge is 0.355 e. The highest BCUT2D eigenvalue weighted by Crippen LogP contribution is 1.94. The van der Waals surface area contributed by atoms with Gasteiger partial charge in [0, 0.05) is 33.7 Å². The Labute approximate surface area is 142 Å². The lowest BCUT2D eigenvalue weighted by molar-refractivity contribution is 0.330. The molecular formula is C15H33IN4. The Balaban J connectivity index is 0. The minimum Gasteiger partial charge on any atom is -0.355 e. The number of halogens is 1. The van der Waals surface area contributed by atoms with Crippen molar-refractivity contribution in [3.8, 4) is 0 Å². The van der Waals surface area contributed by atoms with E-state index in [1.165, 1.54) is 19.4 Å². The van der Waals surface area contributed by atoms with Crippen LogP contribution in [0.15, 0.2) is 17.6 Å². The van der Waals surface area contributed by atoms with Crippen molar-refractivity contribution in [2.45, 2.75) is 32.6 Å². The molecule has 0 aromatic heterocycles. The van der Waals surface area contributed by atoms with Gasteiger partial charge in [0.1, 0.15) is 0 Å². The van der Waals surface area contributed by atoms with Crippen molar-refractivity contribution >= 4 is 29.9 Å². The summed E-state index contributed by atoms with van der Waals surface area (Å²) in [5.74, 6) is 0.980. The smallest absolute Gasteiger partial charge is 0.193 e. The molecule has 0 aliphatic heterocycles. The van der Waals surface area contributed by atoms with Gasteiger partial charge >= 0.3 is 0 Å². The lowest BCUT2D eigenvalue weighted by Crippen LogP contribution is -2.42. The first-order chi connectivity index (χ1) is 9.15. The molecule has 120 valence electrons. The van der Waals surface area contributed by atoms with Crippen LogP contribution in [0.25, 0.3) is 0 Å². The number of hydrogen-bond donors (Lipinski definition) is 1. The third-order valence-corrected chi connectivity index (χ3v) is 3.15. The van der Waals surface area contributed by atoms with Crippen LogP contribution in [-0.4, -0.2) is 63.1 Å². The van der Waals surface area contributed by atoms with Crippen LogP contribution in [0.2, 0.25) is 0 Å². The highest BCUT2D eigenvalue weighted by Gasteiger charge is 2.05. The van der Waals surface area contributed by atoms with Gasteiger partial charge in [0.15, 0.2) is 5.96 Å². The molecule has 0 heterocycles. The molecule has 0 saturated carbocycles. The number of rotatable bonds is 10. The van der Waals surface area contributed by atoms with Crippen LogP contribution in [0.1, 0.15) is 32.6 Å². The summed E-state index contributed by atoms with van der Waals surface area (Å²) in [6.45, 7) is 10.2. The molecule has 0 bridgehead atoms. The SMILES string of the molecule is C=CCCCN(C)C(=NC)NCCN(C)CCCC.I. The van der Waals surface area contributed by atoms with Crippen LogP contribution in [-0.2, 0) is 0 Å². The summed E-state index contributed by atoms with van der Waals surface area (Å²) >= 11 is 0. The van der Waals surface area contributed by atoms with Gasteiger partial charge in [0.05, 0.1) is 0 Å². The Morgan fingerprint density at radius 1 is 1.20 bits per heavy atom. The highest BCUT2D eigenvalue weighted by molar-refractivity contribution is 14.0. The van der Waals surface area contributed by atoms with E-state index < -0.39 is 0 Å². The molecule has 0 saturated heterocycles. The van der Waals surface area contributed by atoms with E-state index in [-0.39, 0.29) is 24.0 Å². The molecule has 0 aliphatic rings. The fourth-order valence-corrected chi connectivity index (χ4v) is 1.86. The summed E-state index contributed by atoms with van der Waals surface area (Å²) in [4.78, 5) is 8.85. The molecule has 0 fully saturated rings. The van der Waals surface area contributed by atoms with Gasteiger partial charge in [-0.1, -0.05) is 19.4 Å². The van der Waals surface area contributed by atoms with Gasteiger partial charge in [-0.25, -0.2) is 0 Å². The standard InChI is InChI=1S/C15H32N4.HI/c1-6-8-10-13-19(5)15(16-3)17-11-14-18(4)12-9-7-2;/h6H,1,7-14H2,2-5H3,(H,16,17);1H. The predicted octanol–water partition coefficient (Wildman–Crippen LogP) is 2.81. The summed E-state index contributed by atoms with van der Waals surface area (Å²) in [6, 6.07) is 0. The quantitative estimate of drug-likeness (QED) is 0.203. The molecule has 0 aromatic carbocycles. The van der Waals surface area contributed by atoms with Gasteiger partial charge in [-0.05, 0) is 32.9 Å². The van der Waals surface area contributed by atoms with Crippen LogP contribution in [0.4, 0.5) is 0 Å². The molecule has 0 unspecified atom stereocenters. The molecule has 0 aromatic rings. The number of aliphatic imine (C=N–C) groups is 1. The lowest BCUT2D eigenvalue weighted by atomic mass is 10.3. The van der Waals surface area contributed by atoms with Crippen LogP contribution < -0.4 is 5.32 Å². The van der Waals surface area contributed by atoms with Crippen LogP contribution >= 0.6 is 24.0 Å². The van der Waals surface area contributed by atoms with E-state index >= 15 is 0 Å². The normalized spacial score (nSPS) is 11.2. The predicted molar refractivity (Wildman–Crippen MR) is 101 cm³/mol. The van der Waals surface area contributed by atoms with Crippen molar-refractivity contribution in [3.05, 3.63) is 12.7 Å². The Morgan fingerprint density at radius 3 is 2.45 bits per heavy atom. The maximum atomic E-state index is 4.31. The van der Waals surface area contributed by atoms with Crippen LogP contribution in [0.3, 0.4) is 0 Å². The maximum absolute atomic E-state index is 4.31. The third kappa shape index (κ3) is 11.5. The average Bonchev–Trinajstić information content (AvgIpc) is 2.41. The van der Waals surface area contributed by atoms with E-state index in [1.807, 2.05) is 13.1 Å². The first kappa shape index (κ1) is 22.0. The van der Waals surface area contributed by atoms with Gasteiger partial charge in [-0.15, -0.1) is 30.6 Å². The van der Waals surface area contributed by atoms with Crippen molar-refractivity contribution < 1.29 is 0 Å². The minimum absolute atomic E-state index is 0. The molecule has 0 aliphatic carbocycles. The van der Waals surface area contributed by atoms with Gasteiger partial charge in [0.25, 0.3) is 0 Å². The summed E-state index contributed by atoms with van der Waals surface area (Å²) < 4.78 is 0. The fourth-order valence-electron chi connectivity index (χ4n) is 1.86. The maximum Gasteiger partial charge on any atom is 0.193 e. The Hall–Kier alpha value is -0.300. The molecule has 0 radical (unpaired) electrons. The van der Waals surface area contributed by atoms with Crippen LogP contribution in [0, 0.1) is 0 Å². The monoisotopic (exact) mass is 396 g/mol. The third-order valence-electron chi connectivity index (χ3n) is 3.15. The Bertz CT molecular complexity index is 256. The topological polar surface area (TPSA) is 30.9 Å². The number of guanidine groups is 1. The molecule has 5 heteroatoms. The summed E-state index contributed by atoms with van der Waals surface area (Å²) in [5.41, 5.74) is 0. The number of hydrogen-bond acceptors (Lipinski definition) is 2. The van der Waals surface area contributed by atoms with Crippen molar-refractivity contribution in [1.29, 1.82) is 0 Å². The van der Waals surface area contributed by atoms with Crippen molar-refractivity contribution in [3.63, 3.8) is 0 Å². The van der Waals surface area contributed by atoms with Crippen molar-refractivity contribution in [2.75, 3.05) is 47.3 Å². The zero-order valence-electron chi connectivity index (χ0n) is 13.7. The number of nitrogens with zero attached hydrogens (tertiary/aromatic N) is 3. The number of likely N-dealkylation sites (N-methyl/N-ethyl adjacent to an activating group) is 1. The lowest BCUT2D eigenvalue weighted by Gasteiger charge is -2.23. The van der Waals surface area contributed by atoms with E-state index in [9.17, 15) is 0 Å². The van der Waals surface area contributed by atoms with Crippen LogP contribution in [0.5, 0.6) is 0 Å². The van der Waals surface area contributed by atoms with Gasteiger partial charge < -0.3 is 15.1 Å². The molecule has 1 N–H and O–H groups in total. The molecule has 0 amide bonds. The second-order valence-electron chi connectivity index (χ2n) is 4.98. The molecule has 0 atom stereocenters. The van der Waals surface area contributed by atoms with Gasteiger partial charge in [0.2, 0.25) is 0 Å². The zero-order chi connectivity index (χ0) is 14.5. The Kier molecular flexibility index (Phi) is 16.6. The molecule has 0 rings (SSSR count). The second kappa shape index (κ2) is 15.1. The van der Waals surface area contributed by atoms with Crippen molar-refractivity contribution in [1.82, 2.24) is 15.1 Å². The van der Waals surface area contributed by atoms with E-state index in [0.29, 0.717) is 0 Å². The number of nitrogens with one attached hydrogen (secondary N) is 1. The van der Waals surface area contributed by atoms with Crippen molar-refractivity contribution in [2.24, 2.45) is 4.99 Å². The number of allylic oxidation sites excluding steroid dienone is 1. The van der Waals surface area contributed by atoms with E-state index in [4.69, 9.17) is 0 Å². The summed E-state index contributed by atoms with van der Waals surface area (Å²) in [5, 5.41) is 3.41. The van der Waals surface area contributed by atoms with E-state index in [0.717, 1.165) is 38.4 Å². The first-order valence-electron chi connectivity index (χ1n) is 7.36. The summed E-state index contributed by atoms with van der Waals surface area (Å²) in [6.07, 6.45) is 6.67. The summed E-state index contributed by atoms with van der Waals surface area (Å²) in [7, 11) is 6.10. The second-order valence-corrected chi connectivity index (χ2v) is 4.98. The van der Waals surface area contributed by atoms with E-state index in [2.05, 4.69) is 47.7 Å². The number of unbranched alkanes of at least 4 members (excludes halogenated alkanes) is 2. The molecule has 4 nitrogen and oxygen atoms in total. The molecule has 0 spiro atoms. The Morgan fingerprint density at radius 2 is 1.90 bits per heavy atom. The average molecular weight is 396 g/mol. The van der Waals surface area contributed by atoms with Gasteiger partial charge in [-0.3, -0.25) is 4.99 Å². The molecular weight excluding hydrogens is 363 g/mol. The minimum atomic E-state index is 0. The van der Waals surface area contributed by atoms with Gasteiger partial charge in [-0.2, -0.15) is 0 Å². The zero-order valence-corrected chi connectivity index (χ0v) is 16.0. The fraction of sp³-hybridized carbons (Fsp3) is 0.800. The molecule has 20 heavy (non-hydrogen) atoms. The first-order valence-corrected chi connectivity index (χ1v) is 7.36.